The summed E-state index contributed by atoms with van der Waals surface area (Å²) in [6, 6.07) is 9.98. The van der Waals surface area contributed by atoms with E-state index >= 15 is 0 Å². The average molecular weight is 241 g/mol. The van der Waals surface area contributed by atoms with Crippen molar-refractivity contribution in [3.05, 3.63) is 42.1 Å². The maximum Gasteiger partial charge on any atom is 0.307 e. The first-order valence-electron chi connectivity index (χ1n) is 6.09. The molecular formula is C15H15NO2. The van der Waals surface area contributed by atoms with E-state index in [1.165, 1.54) is 0 Å². The van der Waals surface area contributed by atoms with Gasteiger partial charge < -0.3 is 5.11 Å². The minimum absolute atomic E-state index is 0.0985. The van der Waals surface area contributed by atoms with Gasteiger partial charge in [-0.05, 0) is 23.1 Å². The molecule has 0 unspecified atom stereocenters. The van der Waals surface area contributed by atoms with Crippen molar-refractivity contribution < 1.29 is 9.90 Å². The van der Waals surface area contributed by atoms with Crippen LogP contribution in [0.4, 0.5) is 0 Å². The summed E-state index contributed by atoms with van der Waals surface area (Å²) in [7, 11) is 0. The molecule has 0 amide bonds. The van der Waals surface area contributed by atoms with Crippen LogP contribution in [-0.4, -0.2) is 16.1 Å². The lowest BCUT2D eigenvalue weighted by Crippen LogP contribution is -2.03. The molecule has 1 N–H and O–H groups in total. The standard InChI is InChI=1S/C15H15NO2/c1-15(2)12(13(15)14(17)18)10-6-5-9-4-3-7-16-11(9)8-10/h3-8,12-13H,1-2H3,(H,17,18)/t12-,13+/m1/s1. The second-order valence-corrected chi connectivity index (χ2v) is 5.57. The van der Waals surface area contributed by atoms with Crippen molar-refractivity contribution in [3.8, 4) is 0 Å². The molecule has 18 heavy (non-hydrogen) atoms. The third-order valence-corrected chi connectivity index (χ3v) is 4.08. The molecule has 2 atom stereocenters. The van der Waals surface area contributed by atoms with E-state index in [-0.39, 0.29) is 17.3 Å². The number of hydrogen-bond donors (Lipinski definition) is 1. The number of pyridine rings is 1. The minimum atomic E-state index is -0.703. The Kier molecular flexibility index (Phi) is 2.21. The van der Waals surface area contributed by atoms with E-state index in [4.69, 9.17) is 0 Å². The Hall–Kier alpha value is -1.90. The van der Waals surface area contributed by atoms with Crippen LogP contribution in [0.15, 0.2) is 36.5 Å². The topological polar surface area (TPSA) is 50.2 Å². The summed E-state index contributed by atoms with van der Waals surface area (Å²) < 4.78 is 0. The maximum absolute atomic E-state index is 11.2. The van der Waals surface area contributed by atoms with E-state index in [0.717, 1.165) is 16.5 Å². The van der Waals surface area contributed by atoms with E-state index in [9.17, 15) is 9.90 Å². The van der Waals surface area contributed by atoms with Crippen LogP contribution >= 0.6 is 0 Å². The molecule has 1 heterocycles. The zero-order chi connectivity index (χ0) is 12.9. The lowest BCUT2D eigenvalue weighted by atomic mass is 10.0. The van der Waals surface area contributed by atoms with Crippen molar-refractivity contribution in [2.24, 2.45) is 11.3 Å². The molecule has 3 rings (SSSR count). The van der Waals surface area contributed by atoms with Gasteiger partial charge in [-0.1, -0.05) is 32.0 Å². The van der Waals surface area contributed by atoms with Gasteiger partial charge in [0, 0.05) is 17.5 Å². The number of nitrogens with zero attached hydrogens (tertiary/aromatic N) is 1. The van der Waals surface area contributed by atoms with Crippen LogP contribution in [0.2, 0.25) is 0 Å². The number of hydrogen-bond acceptors (Lipinski definition) is 2. The number of carboxylic acid groups (broad SMARTS) is 1. The fraction of sp³-hybridized carbons (Fsp3) is 0.333. The summed E-state index contributed by atoms with van der Waals surface area (Å²) in [6.45, 7) is 4.03. The lowest BCUT2D eigenvalue weighted by molar-refractivity contribution is -0.139. The molecule has 1 saturated carbocycles. The molecule has 0 saturated heterocycles. The maximum atomic E-state index is 11.2. The molecule has 92 valence electrons. The Morgan fingerprint density at radius 3 is 2.78 bits per heavy atom. The zero-order valence-corrected chi connectivity index (χ0v) is 10.4. The fourth-order valence-corrected chi connectivity index (χ4v) is 3.00. The molecule has 3 nitrogen and oxygen atoms in total. The summed E-state index contributed by atoms with van der Waals surface area (Å²) >= 11 is 0. The van der Waals surface area contributed by atoms with E-state index in [0.29, 0.717) is 0 Å². The van der Waals surface area contributed by atoms with Gasteiger partial charge in [-0.25, -0.2) is 0 Å². The fourth-order valence-electron chi connectivity index (χ4n) is 3.00. The Morgan fingerprint density at radius 2 is 2.11 bits per heavy atom. The quantitative estimate of drug-likeness (QED) is 0.879. The average Bonchev–Trinajstić information content (AvgIpc) is 2.92. The first-order valence-corrected chi connectivity index (χ1v) is 6.09. The van der Waals surface area contributed by atoms with Gasteiger partial charge >= 0.3 is 5.97 Å². The summed E-state index contributed by atoms with van der Waals surface area (Å²) in [5.41, 5.74) is 1.86. The van der Waals surface area contributed by atoms with Crippen molar-refractivity contribution in [1.82, 2.24) is 4.98 Å². The Labute approximate surface area is 105 Å². The smallest absolute Gasteiger partial charge is 0.307 e. The van der Waals surface area contributed by atoms with Gasteiger partial charge in [0.25, 0.3) is 0 Å². The van der Waals surface area contributed by atoms with Crippen LogP contribution in [0.1, 0.15) is 25.3 Å². The van der Waals surface area contributed by atoms with Crippen LogP contribution in [-0.2, 0) is 4.79 Å². The van der Waals surface area contributed by atoms with E-state index < -0.39 is 5.97 Å². The molecule has 1 aromatic heterocycles. The highest BCUT2D eigenvalue weighted by Crippen LogP contribution is 2.64. The van der Waals surface area contributed by atoms with E-state index in [1.807, 2.05) is 44.2 Å². The van der Waals surface area contributed by atoms with Gasteiger partial charge in [-0.3, -0.25) is 9.78 Å². The molecule has 1 aliphatic rings. The molecule has 0 spiro atoms. The minimum Gasteiger partial charge on any atom is -0.481 e. The molecule has 2 aromatic rings. The molecule has 3 heteroatoms. The lowest BCUT2D eigenvalue weighted by Gasteiger charge is -2.04. The predicted octanol–water partition coefficient (Wildman–Crippen LogP) is 3.06. The summed E-state index contributed by atoms with van der Waals surface area (Å²) in [5.74, 6) is -0.883. The molecule has 1 aliphatic carbocycles. The Morgan fingerprint density at radius 1 is 1.33 bits per heavy atom. The monoisotopic (exact) mass is 241 g/mol. The van der Waals surface area contributed by atoms with Crippen LogP contribution in [0, 0.1) is 11.3 Å². The predicted molar refractivity (Wildman–Crippen MR) is 69.4 cm³/mol. The van der Waals surface area contributed by atoms with Crippen LogP contribution < -0.4 is 0 Å². The number of aliphatic carboxylic acids is 1. The van der Waals surface area contributed by atoms with E-state index in [1.54, 1.807) is 6.20 Å². The highest BCUT2D eigenvalue weighted by atomic mass is 16.4. The SMILES string of the molecule is CC1(C)[C@H](C(=O)O)[C@H]1c1ccc2cccnc2c1. The molecule has 0 aliphatic heterocycles. The van der Waals surface area contributed by atoms with Crippen LogP contribution in [0.3, 0.4) is 0 Å². The second kappa shape index (κ2) is 3.55. The molecular weight excluding hydrogens is 226 g/mol. The summed E-state index contributed by atoms with van der Waals surface area (Å²) in [4.78, 5) is 15.5. The largest absolute Gasteiger partial charge is 0.481 e. The van der Waals surface area contributed by atoms with Crippen molar-refractivity contribution >= 4 is 16.9 Å². The van der Waals surface area contributed by atoms with Gasteiger partial charge in [-0.15, -0.1) is 0 Å². The van der Waals surface area contributed by atoms with Crippen LogP contribution in [0.25, 0.3) is 10.9 Å². The number of benzene rings is 1. The number of aromatic nitrogens is 1. The van der Waals surface area contributed by atoms with Gasteiger partial charge in [0.05, 0.1) is 11.4 Å². The highest BCUT2D eigenvalue weighted by molar-refractivity contribution is 5.81. The van der Waals surface area contributed by atoms with Crippen molar-refractivity contribution in [2.45, 2.75) is 19.8 Å². The highest BCUT2D eigenvalue weighted by Gasteiger charge is 2.62. The second-order valence-electron chi connectivity index (χ2n) is 5.57. The van der Waals surface area contributed by atoms with Gasteiger partial charge in [-0.2, -0.15) is 0 Å². The Balaban J connectivity index is 2.04. The normalized spacial score (nSPS) is 25.0. The molecule has 1 fully saturated rings. The third kappa shape index (κ3) is 1.50. The van der Waals surface area contributed by atoms with Crippen molar-refractivity contribution in [3.63, 3.8) is 0 Å². The van der Waals surface area contributed by atoms with Gasteiger partial charge in [0.2, 0.25) is 0 Å². The molecule has 1 aromatic carbocycles. The number of carboxylic acids is 1. The van der Waals surface area contributed by atoms with Crippen molar-refractivity contribution in [2.75, 3.05) is 0 Å². The summed E-state index contributed by atoms with van der Waals surface area (Å²) in [6.07, 6.45) is 1.76. The van der Waals surface area contributed by atoms with Gasteiger partial charge in [0.15, 0.2) is 0 Å². The van der Waals surface area contributed by atoms with Gasteiger partial charge in [0.1, 0.15) is 0 Å². The number of carbonyl (C=O) groups is 1. The zero-order valence-electron chi connectivity index (χ0n) is 10.4. The molecule has 0 bridgehead atoms. The summed E-state index contributed by atoms with van der Waals surface area (Å²) in [5, 5.41) is 10.3. The first-order chi connectivity index (χ1) is 8.51. The third-order valence-electron chi connectivity index (χ3n) is 4.08. The first kappa shape index (κ1) is 11.2. The molecule has 0 radical (unpaired) electrons. The number of fused-ring (bicyclic) bond motifs is 1. The van der Waals surface area contributed by atoms with Crippen LogP contribution in [0.5, 0.6) is 0 Å². The number of rotatable bonds is 2. The van der Waals surface area contributed by atoms with E-state index in [2.05, 4.69) is 4.98 Å². The Bertz CT molecular complexity index is 633. The van der Waals surface area contributed by atoms with Crippen molar-refractivity contribution in [1.29, 1.82) is 0 Å².